The molecule has 0 amide bonds. The van der Waals surface area contributed by atoms with Crippen LogP contribution in [0, 0.1) is 0 Å². The van der Waals surface area contributed by atoms with Crippen LogP contribution in [0.25, 0.3) is 0 Å². The van der Waals surface area contributed by atoms with Crippen molar-refractivity contribution in [1.82, 2.24) is 0 Å². The molecule has 0 saturated carbocycles. The van der Waals surface area contributed by atoms with Gasteiger partial charge in [0.2, 0.25) is 0 Å². The average molecular weight is 244 g/mol. The maximum atomic E-state index is 11.0. The molecule has 1 unspecified atom stereocenters. The van der Waals surface area contributed by atoms with E-state index in [9.17, 15) is 9.90 Å². The molecule has 5 heteroatoms. The van der Waals surface area contributed by atoms with E-state index < -0.39 is 12.1 Å². The molecule has 1 aromatic rings. The van der Waals surface area contributed by atoms with Gasteiger partial charge in [-0.05, 0) is 25.1 Å². The van der Waals surface area contributed by atoms with Crippen LogP contribution in [-0.2, 0) is 0 Å². The van der Waals surface area contributed by atoms with Crippen molar-refractivity contribution in [3.63, 3.8) is 0 Å². The fraction of sp³-hybridized carbons (Fsp3) is 0.364. The molecular formula is C11H14ClNO3. The Morgan fingerprint density at radius 1 is 1.56 bits per heavy atom. The minimum Gasteiger partial charge on any atom is -0.478 e. The van der Waals surface area contributed by atoms with Gasteiger partial charge in [-0.3, -0.25) is 0 Å². The highest BCUT2D eigenvalue weighted by atomic mass is 35.5. The van der Waals surface area contributed by atoms with Crippen molar-refractivity contribution in [3.8, 4) is 0 Å². The Balaban J connectivity index is 3.07. The highest BCUT2D eigenvalue weighted by Gasteiger charge is 2.14. The van der Waals surface area contributed by atoms with E-state index in [4.69, 9.17) is 16.7 Å². The fourth-order valence-electron chi connectivity index (χ4n) is 1.51. The molecule has 0 saturated heterocycles. The van der Waals surface area contributed by atoms with Gasteiger partial charge in [-0.1, -0.05) is 11.6 Å². The molecule has 4 nitrogen and oxygen atoms in total. The number of carboxylic acids is 1. The average Bonchev–Trinajstić information content (AvgIpc) is 2.16. The molecule has 1 atom stereocenters. The lowest BCUT2D eigenvalue weighted by atomic mass is 10.1. The van der Waals surface area contributed by atoms with Crippen LogP contribution < -0.4 is 4.90 Å². The first kappa shape index (κ1) is 12.8. The molecule has 1 rings (SSSR count). The first-order valence-corrected chi connectivity index (χ1v) is 5.21. The van der Waals surface area contributed by atoms with Crippen molar-refractivity contribution in [2.75, 3.05) is 18.5 Å². The number of aromatic carboxylic acids is 1. The van der Waals surface area contributed by atoms with Crippen molar-refractivity contribution in [2.24, 2.45) is 0 Å². The van der Waals surface area contributed by atoms with Gasteiger partial charge in [-0.15, -0.1) is 0 Å². The van der Waals surface area contributed by atoms with Crippen molar-refractivity contribution in [2.45, 2.75) is 13.0 Å². The summed E-state index contributed by atoms with van der Waals surface area (Å²) in [5.41, 5.74) is 0.674. The van der Waals surface area contributed by atoms with Crippen molar-refractivity contribution < 1.29 is 15.0 Å². The van der Waals surface area contributed by atoms with Gasteiger partial charge in [0.05, 0.1) is 17.4 Å². The Bertz CT molecular complexity index is 393. The van der Waals surface area contributed by atoms with Crippen LogP contribution >= 0.6 is 11.6 Å². The largest absolute Gasteiger partial charge is 0.478 e. The van der Waals surface area contributed by atoms with Gasteiger partial charge in [0.25, 0.3) is 0 Å². The molecule has 1 aromatic carbocycles. The van der Waals surface area contributed by atoms with E-state index in [1.165, 1.54) is 6.07 Å². The molecule has 88 valence electrons. The van der Waals surface area contributed by atoms with Crippen molar-refractivity contribution >= 4 is 23.3 Å². The first-order chi connectivity index (χ1) is 7.41. The van der Waals surface area contributed by atoms with Crippen molar-refractivity contribution in [3.05, 3.63) is 28.8 Å². The first-order valence-electron chi connectivity index (χ1n) is 4.84. The Morgan fingerprint density at radius 3 is 2.69 bits per heavy atom. The number of halogens is 1. The monoisotopic (exact) mass is 243 g/mol. The molecule has 16 heavy (non-hydrogen) atoms. The topological polar surface area (TPSA) is 60.8 Å². The Hall–Kier alpha value is -1.26. The third kappa shape index (κ3) is 3.12. The summed E-state index contributed by atoms with van der Waals surface area (Å²) in [6.07, 6.45) is -0.526. The molecule has 0 spiro atoms. The van der Waals surface area contributed by atoms with Gasteiger partial charge < -0.3 is 15.1 Å². The predicted octanol–water partition coefficient (Wildman–Crippen LogP) is 1.86. The van der Waals surface area contributed by atoms with E-state index in [0.29, 0.717) is 17.3 Å². The Morgan fingerprint density at radius 2 is 2.19 bits per heavy atom. The van der Waals surface area contributed by atoms with Crippen molar-refractivity contribution in [1.29, 1.82) is 0 Å². The number of likely N-dealkylation sites (N-methyl/N-ethyl adjacent to an activating group) is 1. The minimum atomic E-state index is -1.03. The molecule has 0 radical (unpaired) electrons. The van der Waals surface area contributed by atoms with E-state index in [1.807, 2.05) is 0 Å². The van der Waals surface area contributed by atoms with E-state index >= 15 is 0 Å². The van der Waals surface area contributed by atoms with Crippen LogP contribution in [0.2, 0.25) is 5.02 Å². The van der Waals surface area contributed by atoms with E-state index in [1.54, 1.807) is 31.0 Å². The number of hydrogen-bond donors (Lipinski definition) is 2. The summed E-state index contributed by atoms with van der Waals surface area (Å²) >= 11 is 5.74. The van der Waals surface area contributed by atoms with Crippen LogP contribution in [-0.4, -0.2) is 35.9 Å². The number of rotatable bonds is 4. The minimum absolute atomic E-state index is 0.135. The number of benzene rings is 1. The lowest BCUT2D eigenvalue weighted by Gasteiger charge is -2.22. The van der Waals surface area contributed by atoms with Gasteiger partial charge in [0, 0.05) is 18.6 Å². The molecule has 0 bridgehead atoms. The summed E-state index contributed by atoms with van der Waals surface area (Å²) in [5, 5.41) is 18.7. The third-order valence-corrected chi connectivity index (χ3v) is 2.37. The zero-order chi connectivity index (χ0) is 12.3. The summed E-state index contributed by atoms with van der Waals surface area (Å²) in [7, 11) is 1.72. The van der Waals surface area contributed by atoms with Crippen LogP contribution in [0.1, 0.15) is 17.3 Å². The molecule has 2 N–H and O–H groups in total. The number of anilines is 1. The Kier molecular flexibility index (Phi) is 4.15. The van der Waals surface area contributed by atoms with Crippen LogP contribution in [0.5, 0.6) is 0 Å². The quantitative estimate of drug-likeness (QED) is 0.847. The standard InChI is InChI=1S/C11H14ClNO3/c1-7(14)6-13(2)10-4-3-8(12)5-9(10)11(15)16/h3-5,7,14H,6H2,1-2H3,(H,15,16). The second-order valence-electron chi connectivity index (χ2n) is 3.70. The van der Waals surface area contributed by atoms with Gasteiger partial charge in [-0.2, -0.15) is 0 Å². The summed E-state index contributed by atoms with van der Waals surface area (Å²) in [5.74, 6) is -1.03. The zero-order valence-corrected chi connectivity index (χ0v) is 9.90. The van der Waals surface area contributed by atoms with Gasteiger partial charge >= 0.3 is 5.97 Å². The summed E-state index contributed by atoms with van der Waals surface area (Å²) in [4.78, 5) is 12.7. The van der Waals surface area contributed by atoms with Gasteiger partial charge in [0.15, 0.2) is 0 Å². The maximum Gasteiger partial charge on any atom is 0.337 e. The molecular weight excluding hydrogens is 230 g/mol. The molecule has 0 aliphatic rings. The van der Waals surface area contributed by atoms with Crippen LogP contribution in [0.15, 0.2) is 18.2 Å². The predicted molar refractivity (Wildman–Crippen MR) is 63.4 cm³/mol. The van der Waals surface area contributed by atoms with E-state index in [2.05, 4.69) is 0 Å². The normalized spacial score (nSPS) is 12.2. The second-order valence-corrected chi connectivity index (χ2v) is 4.13. The highest BCUT2D eigenvalue weighted by Crippen LogP contribution is 2.23. The molecule has 0 aliphatic carbocycles. The summed E-state index contributed by atoms with van der Waals surface area (Å²) < 4.78 is 0. The number of aliphatic hydroxyl groups is 1. The van der Waals surface area contributed by atoms with Crippen LogP contribution in [0.3, 0.4) is 0 Å². The highest BCUT2D eigenvalue weighted by molar-refractivity contribution is 6.31. The fourth-order valence-corrected chi connectivity index (χ4v) is 1.68. The van der Waals surface area contributed by atoms with E-state index in [-0.39, 0.29) is 5.56 Å². The number of aliphatic hydroxyl groups excluding tert-OH is 1. The molecule has 0 fully saturated rings. The third-order valence-electron chi connectivity index (χ3n) is 2.14. The number of hydrogen-bond acceptors (Lipinski definition) is 3. The number of carbonyl (C=O) groups is 1. The van der Waals surface area contributed by atoms with Crippen LogP contribution in [0.4, 0.5) is 5.69 Å². The Labute approximate surface area is 99.1 Å². The lowest BCUT2D eigenvalue weighted by molar-refractivity contribution is 0.0697. The van der Waals surface area contributed by atoms with E-state index in [0.717, 1.165) is 0 Å². The number of carboxylic acid groups (broad SMARTS) is 1. The SMILES string of the molecule is CC(O)CN(C)c1ccc(Cl)cc1C(=O)O. The summed E-state index contributed by atoms with van der Waals surface area (Å²) in [6.45, 7) is 2.01. The molecule has 0 aromatic heterocycles. The lowest BCUT2D eigenvalue weighted by Crippen LogP contribution is -2.28. The summed E-state index contributed by atoms with van der Waals surface area (Å²) in [6, 6.07) is 4.66. The number of nitrogens with zero attached hydrogens (tertiary/aromatic N) is 1. The van der Waals surface area contributed by atoms with Gasteiger partial charge in [-0.25, -0.2) is 4.79 Å². The maximum absolute atomic E-state index is 11.0. The van der Waals surface area contributed by atoms with Gasteiger partial charge in [0.1, 0.15) is 0 Å². The zero-order valence-electron chi connectivity index (χ0n) is 9.14. The second kappa shape index (κ2) is 5.18. The smallest absolute Gasteiger partial charge is 0.337 e. The molecule has 0 aliphatic heterocycles. The molecule has 0 heterocycles.